The summed E-state index contributed by atoms with van der Waals surface area (Å²) in [5, 5.41) is 13.3. The summed E-state index contributed by atoms with van der Waals surface area (Å²) in [4.78, 5) is 0.605. The molecule has 1 unspecified atom stereocenters. The molecule has 1 aromatic heterocycles. The van der Waals surface area contributed by atoms with E-state index in [4.69, 9.17) is 10.9 Å². The van der Waals surface area contributed by atoms with E-state index in [0.29, 0.717) is 4.90 Å². The molecule has 1 fully saturated rings. The number of nitrogens with zero attached hydrogens (tertiary/aromatic N) is 2. The number of rotatable bonds is 9. The predicted molar refractivity (Wildman–Crippen MR) is 127 cm³/mol. The third kappa shape index (κ3) is 7.55. The van der Waals surface area contributed by atoms with Crippen LogP contribution >= 0.6 is 0 Å². The summed E-state index contributed by atoms with van der Waals surface area (Å²) in [6.07, 6.45) is 13.1. The van der Waals surface area contributed by atoms with E-state index in [1.807, 2.05) is 23.0 Å². The van der Waals surface area contributed by atoms with Crippen molar-refractivity contribution in [2.24, 2.45) is 16.8 Å². The molecule has 164 valence electrons. The minimum atomic E-state index is -1.46. The highest BCUT2D eigenvalue weighted by Gasteiger charge is 2.17. The molecule has 0 radical (unpaired) electrons. The first-order valence-corrected chi connectivity index (χ1v) is 11.8. The lowest BCUT2D eigenvalue weighted by molar-refractivity contribution is 0.639. The Labute approximate surface area is 183 Å². The van der Waals surface area contributed by atoms with Crippen LogP contribution < -0.4 is 16.2 Å². The molecule has 0 saturated heterocycles. The van der Waals surface area contributed by atoms with Gasteiger partial charge < -0.3 is 11.1 Å². The Balaban J connectivity index is 0.000000558. The molecular formula is C23H35N5OS. The second-order valence-electron chi connectivity index (χ2n) is 7.38. The smallest absolute Gasteiger partial charge is 0.122 e. The molecule has 6 nitrogen and oxygen atoms in total. The van der Waals surface area contributed by atoms with Crippen molar-refractivity contribution >= 4 is 22.4 Å². The van der Waals surface area contributed by atoms with Gasteiger partial charge in [0, 0.05) is 29.2 Å². The molecule has 1 aliphatic carbocycles. The minimum absolute atomic E-state index is 0.605. The van der Waals surface area contributed by atoms with Crippen molar-refractivity contribution in [3.8, 4) is 0 Å². The Bertz CT molecular complexity index is 866. The first-order valence-electron chi connectivity index (χ1n) is 10.6. The topological polar surface area (TPSA) is 99.0 Å². The lowest BCUT2D eigenvalue weighted by atomic mass is 10.1. The van der Waals surface area contributed by atoms with Crippen molar-refractivity contribution in [3.05, 3.63) is 59.9 Å². The van der Waals surface area contributed by atoms with E-state index in [1.165, 1.54) is 12.8 Å². The number of nitrogens with two attached hydrogens (primary N) is 2. The van der Waals surface area contributed by atoms with Crippen LogP contribution in [0, 0.1) is 12.8 Å². The van der Waals surface area contributed by atoms with Crippen LogP contribution in [0.2, 0.25) is 0 Å². The molecule has 2 aromatic rings. The fourth-order valence-electron chi connectivity index (χ4n) is 2.84. The van der Waals surface area contributed by atoms with Gasteiger partial charge >= 0.3 is 0 Å². The van der Waals surface area contributed by atoms with Gasteiger partial charge in [-0.25, -0.2) is 9.35 Å². The van der Waals surface area contributed by atoms with Crippen LogP contribution in [0.15, 0.2) is 53.6 Å². The molecule has 30 heavy (non-hydrogen) atoms. The summed E-state index contributed by atoms with van der Waals surface area (Å²) in [6, 6.07) is 7.29. The normalized spacial score (nSPS) is 15.0. The number of unbranched alkanes of at least 4 members (excludes halogenated alkanes) is 1. The summed E-state index contributed by atoms with van der Waals surface area (Å²) in [6.45, 7) is 8.05. The third-order valence-corrected chi connectivity index (χ3v) is 5.68. The van der Waals surface area contributed by atoms with Crippen LogP contribution in [0.3, 0.4) is 0 Å². The number of anilines is 1. The zero-order valence-corrected chi connectivity index (χ0v) is 19.1. The summed E-state index contributed by atoms with van der Waals surface area (Å²) in [7, 11) is -1.46. The second kappa shape index (κ2) is 12.5. The highest BCUT2D eigenvalue weighted by molar-refractivity contribution is 7.82. The molecular weight excluding hydrogens is 394 g/mol. The van der Waals surface area contributed by atoms with Crippen LogP contribution in [0.5, 0.6) is 0 Å². The number of aryl methyl sites for hydroxylation is 1. The first-order chi connectivity index (χ1) is 14.5. The van der Waals surface area contributed by atoms with E-state index >= 15 is 0 Å². The summed E-state index contributed by atoms with van der Waals surface area (Å²) in [5.74, 6) is 0.912. The molecule has 3 rings (SSSR count). The highest BCUT2D eigenvalue weighted by atomic mass is 32.2. The van der Waals surface area contributed by atoms with Gasteiger partial charge in [-0.15, -0.1) is 0 Å². The van der Waals surface area contributed by atoms with Gasteiger partial charge in [0.1, 0.15) is 11.0 Å². The number of nitrogens with one attached hydrogen (secondary N) is 1. The van der Waals surface area contributed by atoms with Gasteiger partial charge in [0.15, 0.2) is 0 Å². The maximum Gasteiger partial charge on any atom is 0.122 e. The number of aromatic nitrogens is 2. The molecule has 0 spiro atoms. The summed E-state index contributed by atoms with van der Waals surface area (Å²) >= 11 is 0. The summed E-state index contributed by atoms with van der Waals surface area (Å²) < 4.78 is 13.3. The van der Waals surface area contributed by atoms with Crippen molar-refractivity contribution in [2.45, 2.75) is 57.9 Å². The van der Waals surface area contributed by atoms with E-state index in [1.54, 1.807) is 12.1 Å². The quantitative estimate of drug-likeness (QED) is 0.516. The van der Waals surface area contributed by atoms with Crippen molar-refractivity contribution < 1.29 is 4.21 Å². The Morgan fingerprint density at radius 2 is 2.00 bits per heavy atom. The molecule has 1 aliphatic rings. The van der Waals surface area contributed by atoms with Crippen molar-refractivity contribution in [2.75, 3.05) is 11.9 Å². The number of hydrogen-bond donors (Lipinski definition) is 3. The van der Waals surface area contributed by atoms with Crippen LogP contribution in [0.25, 0.3) is 5.70 Å². The van der Waals surface area contributed by atoms with Crippen molar-refractivity contribution in [1.82, 2.24) is 9.78 Å². The highest BCUT2D eigenvalue weighted by Crippen LogP contribution is 2.26. The van der Waals surface area contributed by atoms with Gasteiger partial charge in [-0.2, -0.15) is 5.10 Å². The number of benzene rings is 1. The van der Waals surface area contributed by atoms with Crippen molar-refractivity contribution in [3.63, 3.8) is 0 Å². The molecule has 0 aliphatic heterocycles. The largest absolute Gasteiger partial charge is 0.355 e. The molecule has 0 amide bonds. The maximum absolute atomic E-state index is 11.3. The Hall–Kier alpha value is -2.22. The fourth-order valence-corrected chi connectivity index (χ4v) is 3.24. The predicted octanol–water partition coefficient (Wildman–Crippen LogP) is 4.36. The Morgan fingerprint density at radius 3 is 2.47 bits per heavy atom. The molecule has 1 atom stereocenters. The molecule has 0 bridgehead atoms. The van der Waals surface area contributed by atoms with E-state index in [-0.39, 0.29) is 0 Å². The van der Waals surface area contributed by atoms with Gasteiger partial charge in [-0.1, -0.05) is 25.5 Å². The average Bonchev–Trinajstić information content (AvgIpc) is 3.52. The van der Waals surface area contributed by atoms with E-state index in [2.05, 4.69) is 49.4 Å². The molecule has 1 heterocycles. The van der Waals surface area contributed by atoms with E-state index < -0.39 is 11.0 Å². The van der Waals surface area contributed by atoms with Crippen molar-refractivity contribution in [1.29, 1.82) is 0 Å². The minimum Gasteiger partial charge on any atom is -0.355 e. The van der Waals surface area contributed by atoms with Gasteiger partial charge in [-0.05, 0) is 75.9 Å². The maximum atomic E-state index is 11.3. The molecule has 1 aromatic carbocycles. The van der Waals surface area contributed by atoms with E-state index in [0.717, 1.165) is 54.5 Å². The van der Waals surface area contributed by atoms with Gasteiger partial charge in [-0.3, -0.25) is 4.68 Å². The standard InChI is InChI=1S/C19H26N4OS.C4H9N/c1-4-6-7-8-9-19(18-14-21-23(5-2)15(18)3)22-16-10-12-17(13-11-16)25(20)24;5-3-4-1-2-4/h7-14,22H,4-6,20H2,1-3H3;4H,1-3,5H2/b8-7+,19-9+;. The Kier molecular flexibility index (Phi) is 10.00. The van der Waals surface area contributed by atoms with Crippen LogP contribution in [0.1, 0.15) is 50.8 Å². The van der Waals surface area contributed by atoms with E-state index in [9.17, 15) is 4.21 Å². The lowest BCUT2D eigenvalue weighted by Crippen LogP contribution is -2.04. The zero-order chi connectivity index (χ0) is 21.9. The van der Waals surface area contributed by atoms with Gasteiger partial charge in [0.25, 0.3) is 0 Å². The summed E-state index contributed by atoms with van der Waals surface area (Å²) in [5.41, 5.74) is 9.30. The third-order valence-electron chi connectivity index (χ3n) is 4.94. The molecule has 1 saturated carbocycles. The van der Waals surface area contributed by atoms with Gasteiger partial charge in [0.2, 0.25) is 0 Å². The van der Waals surface area contributed by atoms with Crippen LogP contribution in [0.4, 0.5) is 5.69 Å². The number of hydrogen-bond acceptors (Lipinski definition) is 4. The monoisotopic (exact) mass is 429 g/mol. The average molecular weight is 430 g/mol. The first kappa shape index (κ1) is 24.1. The van der Waals surface area contributed by atoms with Gasteiger partial charge in [0.05, 0.1) is 11.1 Å². The fraction of sp³-hybridized carbons (Fsp3) is 0.435. The SMILES string of the molecule is CCC/C=C/C=C(/Nc1ccc(S(N)=O)cc1)c1cnn(CC)c1C.NCC1CC1. The molecule has 7 heteroatoms. The second-order valence-corrected chi connectivity index (χ2v) is 8.45. The zero-order valence-electron chi connectivity index (χ0n) is 18.3. The number of allylic oxidation sites excluding steroid dienone is 3. The van der Waals surface area contributed by atoms with Crippen LogP contribution in [-0.4, -0.2) is 20.5 Å². The lowest BCUT2D eigenvalue weighted by Gasteiger charge is -2.11. The molecule has 5 N–H and O–H groups in total. The van der Waals surface area contributed by atoms with Crippen LogP contribution in [-0.2, 0) is 17.5 Å². The Morgan fingerprint density at radius 1 is 1.30 bits per heavy atom.